The summed E-state index contributed by atoms with van der Waals surface area (Å²) in [4.78, 5) is 39.6. The molecule has 1 unspecified atom stereocenters. The molecule has 2 fully saturated rings. The number of fused-ring (bicyclic) bond motifs is 3. The third kappa shape index (κ3) is 5.63. The van der Waals surface area contributed by atoms with Crippen LogP contribution in [0.25, 0.3) is 0 Å². The molecular formula is C32H38ClNO12. The van der Waals surface area contributed by atoms with Gasteiger partial charge in [0.15, 0.2) is 29.9 Å². The van der Waals surface area contributed by atoms with Gasteiger partial charge in [0.05, 0.1) is 41.6 Å². The largest absolute Gasteiger partial charge is 0.507 e. The molecule has 7 N–H and O–H groups in total. The Bertz CT molecular complexity index is 1540. The Morgan fingerprint density at radius 3 is 2.07 bits per heavy atom. The molecule has 0 amide bonds. The van der Waals surface area contributed by atoms with Gasteiger partial charge in [-0.05, 0) is 20.8 Å². The van der Waals surface area contributed by atoms with E-state index in [1.54, 1.807) is 26.0 Å². The molecule has 0 saturated carbocycles. The van der Waals surface area contributed by atoms with Gasteiger partial charge in [0, 0.05) is 54.0 Å². The summed E-state index contributed by atoms with van der Waals surface area (Å²) in [6.07, 6.45) is -8.12. The highest BCUT2D eigenvalue weighted by Crippen LogP contribution is 2.52. The monoisotopic (exact) mass is 663 g/mol. The number of nitrogens with two attached hydrogens (primary N) is 1. The van der Waals surface area contributed by atoms with Crippen LogP contribution in [0.4, 0.5) is 0 Å². The Kier molecular flexibility index (Phi) is 9.38. The number of Topliss-reactive ketones (excluding diaryl/α,β-unsaturated/α-hetero) is 1. The first kappa shape index (κ1) is 34.4. The standard InChI is InChI=1S/C32H37NO12.ClH/c1-12-26(36)18(33)8-21(42-12)45-31-13(2)43-22(9-19(31)35)44-20-11-32(41,14(3)34)10-17-23(20)30(40)25-24(29(17)39)27(37)15-6-4-5-7-16(15)28(25)38;/h4-7,12-13,18-22,26,31,35-36,39-41H,8-11,33H2,1-3H3;1H/t12-,13-,18-,19-,20-,21-,22?,26+,31+,32-;/m0./s1. The first-order valence-electron chi connectivity index (χ1n) is 15.0. The van der Waals surface area contributed by atoms with Gasteiger partial charge in [0.25, 0.3) is 0 Å². The molecule has 0 radical (unpaired) electrons. The van der Waals surface area contributed by atoms with E-state index in [9.17, 15) is 39.9 Å². The van der Waals surface area contributed by atoms with Gasteiger partial charge in [0.2, 0.25) is 0 Å². The lowest BCUT2D eigenvalue weighted by atomic mass is 9.72. The van der Waals surface area contributed by atoms with E-state index in [4.69, 9.17) is 24.7 Å². The van der Waals surface area contributed by atoms with Crippen LogP contribution in [0.2, 0.25) is 0 Å². The Morgan fingerprint density at radius 1 is 0.935 bits per heavy atom. The van der Waals surface area contributed by atoms with E-state index in [2.05, 4.69) is 0 Å². The van der Waals surface area contributed by atoms with Crippen molar-refractivity contribution in [2.24, 2.45) is 5.73 Å². The van der Waals surface area contributed by atoms with Crippen LogP contribution in [0.1, 0.15) is 89.1 Å². The van der Waals surface area contributed by atoms with Crippen LogP contribution < -0.4 is 5.73 Å². The highest BCUT2D eigenvalue weighted by Gasteiger charge is 2.49. The Labute approximate surface area is 270 Å². The molecule has 2 heterocycles. The van der Waals surface area contributed by atoms with E-state index >= 15 is 0 Å². The smallest absolute Gasteiger partial charge is 0.198 e. The average molecular weight is 664 g/mol. The third-order valence-electron chi connectivity index (χ3n) is 9.45. The summed E-state index contributed by atoms with van der Waals surface area (Å²) in [6.45, 7) is 4.48. The van der Waals surface area contributed by atoms with Crippen LogP contribution in [0.3, 0.4) is 0 Å². The number of hydrogen-bond donors (Lipinski definition) is 6. The zero-order valence-corrected chi connectivity index (χ0v) is 26.2. The van der Waals surface area contributed by atoms with Gasteiger partial charge >= 0.3 is 0 Å². The molecule has 2 aliphatic carbocycles. The molecule has 2 aliphatic heterocycles. The summed E-state index contributed by atoms with van der Waals surface area (Å²) in [5.74, 6) is -3.23. The normalized spacial score (nSPS) is 35.4. The second-order valence-electron chi connectivity index (χ2n) is 12.5. The zero-order valence-electron chi connectivity index (χ0n) is 25.4. The Balaban J connectivity index is 0.00000417. The summed E-state index contributed by atoms with van der Waals surface area (Å²) in [7, 11) is 0. The van der Waals surface area contributed by atoms with Crippen molar-refractivity contribution in [3.05, 3.63) is 57.6 Å². The van der Waals surface area contributed by atoms with Gasteiger partial charge in [-0.2, -0.15) is 0 Å². The molecule has 10 atom stereocenters. The summed E-state index contributed by atoms with van der Waals surface area (Å²) < 4.78 is 23.9. The van der Waals surface area contributed by atoms with E-state index in [1.165, 1.54) is 19.1 Å². The minimum Gasteiger partial charge on any atom is -0.507 e. The maximum Gasteiger partial charge on any atom is 0.198 e. The molecule has 6 rings (SSSR count). The van der Waals surface area contributed by atoms with Crippen molar-refractivity contribution in [1.82, 2.24) is 0 Å². The molecular weight excluding hydrogens is 626 g/mol. The van der Waals surface area contributed by atoms with Crippen molar-refractivity contribution >= 4 is 29.8 Å². The first-order chi connectivity index (χ1) is 21.2. The summed E-state index contributed by atoms with van der Waals surface area (Å²) in [6, 6.07) is 5.45. The van der Waals surface area contributed by atoms with Crippen LogP contribution in [0.15, 0.2) is 24.3 Å². The number of ether oxygens (including phenoxy) is 4. The van der Waals surface area contributed by atoms with Gasteiger partial charge in [-0.3, -0.25) is 14.4 Å². The Hall–Kier alpha value is -2.98. The number of carbonyl (C=O) groups excluding carboxylic acids is 3. The SMILES string of the molecule is CC(=O)[C@]1(O)Cc2c(O)c3c(c(O)c2[C@@H](OC2C[C@H](O)[C@H](O[C@H]4C[C@H](N)[C@H](O)[C@H](C)O4)[C@H](C)O2)C1)C(=O)c1ccccc1C3=O.Cl. The number of aliphatic hydroxyl groups excluding tert-OH is 2. The van der Waals surface area contributed by atoms with Crippen molar-refractivity contribution < 1.29 is 58.9 Å². The minimum atomic E-state index is -2.04. The van der Waals surface area contributed by atoms with Crippen LogP contribution >= 0.6 is 12.4 Å². The predicted octanol–water partition coefficient (Wildman–Crippen LogP) is 1.32. The molecule has 46 heavy (non-hydrogen) atoms. The zero-order chi connectivity index (χ0) is 32.5. The van der Waals surface area contributed by atoms with E-state index in [0.717, 1.165) is 0 Å². The molecule has 4 aliphatic rings. The second-order valence-corrected chi connectivity index (χ2v) is 12.5. The number of aliphatic hydroxyl groups is 3. The summed E-state index contributed by atoms with van der Waals surface area (Å²) in [5.41, 5.74) is 3.10. The predicted molar refractivity (Wildman–Crippen MR) is 161 cm³/mol. The van der Waals surface area contributed by atoms with Crippen molar-refractivity contribution in [3.8, 4) is 11.5 Å². The Morgan fingerprint density at radius 2 is 1.50 bits per heavy atom. The van der Waals surface area contributed by atoms with Gasteiger partial charge in [-0.25, -0.2) is 0 Å². The molecule has 13 nitrogen and oxygen atoms in total. The number of carbonyl (C=O) groups is 3. The fraction of sp³-hybridized carbons (Fsp3) is 0.531. The topological polar surface area (TPSA) is 215 Å². The lowest BCUT2D eigenvalue weighted by Gasteiger charge is -2.44. The second kappa shape index (κ2) is 12.6. The first-order valence-corrected chi connectivity index (χ1v) is 15.0. The number of aromatic hydroxyl groups is 2. The van der Waals surface area contributed by atoms with Crippen LogP contribution in [-0.4, -0.2) is 97.6 Å². The van der Waals surface area contributed by atoms with Crippen LogP contribution in [-0.2, 0) is 30.2 Å². The fourth-order valence-electron chi connectivity index (χ4n) is 6.90. The summed E-state index contributed by atoms with van der Waals surface area (Å²) in [5, 5.41) is 55.4. The molecule has 250 valence electrons. The van der Waals surface area contributed by atoms with E-state index in [-0.39, 0.29) is 53.9 Å². The third-order valence-corrected chi connectivity index (χ3v) is 9.45. The fourth-order valence-corrected chi connectivity index (χ4v) is 6.90. The van der Waals surface area contributed by atoms with Crippen LogP contribution in [0, 0.1) is 0 Å². The molecule has 14 heteroatoms. The van der Waals surface area contributed by atoms with Crippen molar-refractivity contribution in [1.29, 1.82) is 0 Å². The number of halogens is 1. The van der Waals surface area contributed by atoms with E-state index in [1.807, 2.05) is 0 Å². The number of rotatable bonds is 5. The highest BCUT2D eigenvalue weighted by atomic mass is 35.5. The van der Waals surface area contributed by atoms with Crippen molar-refractivity contribution in [3.63, 3.8) is 0 Å². The van der Waals surface area contributed by atoms with Gasteiger partial charge in [0.1, 0.15) is 23.2 Å². The molecule has 2 aromatic carbocycles. The number of ketones is 3. The van der Waals surface area contributed by atoms with Gasteiger partial charge in [-0.1, -0.05) is 24.3 Å². The molecule has 2 aromatic rings. The van der Waals surface area contributed by atoms with E-state index < -0.39 is 107 Å². The maximum absolute atomic E-state index is 13.5. The molecule has 0 bridgehead atoms. The van der Waals surface area contributed by atoms with Crippen molar-refractivity contribution in [2.75, 3.05) is 0 Å². The number of hydrogen-bond acceptors (Lipinski definition) is 13. The van der Waals surface area contributed by atoms with Crippen LogP contribution in [0.5, 0.6) is 11.5 Å². The lowest BCUT2D eigenvalue weighted by molar-refractivity contribution is -0.311. The minimum absolute atomic E-state index is 0. The summed E-state index contributed by atoms with van der Waals surface area (Å²) >= 11 is 0. The maximum atomic E-state index is 13.5. The van der Waals surface area contributed by atoms with E-state index in [0.29, 0.717) is 0 Å². The van der Waals surface area contributed by atoms with Crippen molar-refractivity contribution in [2.45, 2.75) is 107 Å². The number of phenolic OH excluding ortho intramolecular Hbond substituents is 2. The number of phenols is 2. The highest BCUT2D eigenvalue weighted by molar-refractivity contribution is 6.30. The number of benzene rings is 2. The quantitative estimate of drug-likeness (QED) is 0.213. The lowest BCUT2D eigenvalue weighted by Crippen LogP contribution is -2.56. The molecule has 0 spiro atoms. The molecule has 2 saturated heterocycles. The van der Waals surface area contributed by atoms with Gasteiger partial charge in [-0.15, -0.1) is 12.4 Å². The average Bonchev–Trinajstić information content (AvgIpc) is 2.98. The van der Waals surface area contributed by atoms with Gasteiger partial charge < -0.3 is 50.2 Å². The molecule has 0 aromatic heterocycles.